The van der Waals surface area contributed by atoms with Crippen molar-refractivity contribution < 1.29 is 19.2 Å². The van der Waals surface area contributed by atoms with E-state index in [1.165, 1.54) is 24.5 Å². The maximum Gasteiger partial charge on any atom is 0.310 e. The summed E-state index contributed by atoms with van der Waals surface area (Å²) >= 11 is 1.27. The Hall–Kier alpha value is -3.39. The lowest BCUT2D eigenvalue weighted by Gasteiger charge is -2.08. The van der Waals surface area contributed by atoms with Crippen LogP contribution in [-0.4, -0.2) is 17.9 Å². The number of benzene rings is 2. The van der Waals surface area contributed by atoms with Gasteiger partial charge in [0.1, 0.15) is 12.4 Å². The van der Waals surface area contributed by atoms with Crippen LogP contribution in [0.25, 0.3) is 0 Å². The number of anilines is 1. The van der Waals surface area contributed by atoms with Crippen LogP contribution >= 0.6 is 11.3 Å². The Kier molecular flexibility index (Phi) is 5.68. The molecule has 0 saturated heterocycles. The van der Waals surface area contributed by atoms with E-state index in [9.17, 15) is 14.9 Å². The van der Waals surface area contributed by atoms with Crippen molar-refractivity contribution in [1.29, 1.82) is 0 Å². The Morgan fingerprint density at radius 2 is 1.85 bits per heavy atom. The molecule has 7 nitrogen and oxygen atoms in total. The molecular weight excluding hydrogens is 368 g/mol. The molecule has 2 aromatic carbocycles. The summed E-state index contributed by atoms with van der Waals surface area (Å²) in [7, 11) is 1.54. The van der Waals surface area contributed by atoms with E-state index in [1.54, 1.807) is 47.8 Å². The fourth-order valence-corrected chi connectivity index (χ4v) is 3.19. The van der Waals surface area contributed by atoms with Gasteiger partial charge in [0.05, 0.1) is 22.6 Å². The number of thiophene rings is 1. The van der Waals surface area contributed by atoms with Crippen molar-refractivity contribution in [2.45, 2.75) is 6.61 Å². The lowest BCUT2D eigenvalue weighted by molar-refractivity contribution is -0.385. The first-order valence-corrected chi connectivity index (χ1v) is 8.84. The molecule has 8 heteroatoms. The van der Waals surface area contributed by atoms with Crippen molar-refractivity contribution in [3.8, 4) is 11.5 Å². The number of nitro benzene ring substituents is 1. The summed E-state index contributed by atoms with van der Waals surface area (Å²) in [5, 5.41) is 15.6. The minimum absolute atomic E-state index is 0.0955. The number of amides is 1. The number of nitrogens with zero attached hydrogens (tertiary/aromatic N) is 1. The van der Waals surface area contributed by atoms with Gasteiger partial charge in [0, 0.05) is 11.6 Å². The van der Waals surface area contributed by atoms with Gasteiger partial charge in [-0.15, -0.1) is 11.3 Å². The molecule has 0 aliphatic rings. The van der Waals surface area contributed by atoms with E-state index < -0.39 is 4.92 Å². The van der Waals surface area contributed by atoms with Gasteiger partial charge < -0.3 is 14.8 Å². The Balaban J connectivity index is 1.66. The average molecular weight is 384 g/mol. The van der Waals surface area contributed by atoms with E-state index in [-0.39, 0.29) is 24.0 Å². The molecule has 27 heavy (non-hydrogen) atoms. The zero-order valence-corrected chi connectivity index (χ0v) is 15.2. The molecule has 138 valence electrons. The number of para-hydroxylation sites is 4. The summed E-state index contributed by atoms with van der Waals surface area (Å²) in [6, 6.07) is 15.0. The van der Waals surface area contributed by atoms with Crippen LogP contribution in [0.2, 0.25) is 0 Å². The third kappa shape index (κ3) is 4.42. The van der Waals surface area contributed by atoms with Gasteiger partial charge >= 0.3 is 5.69 Å². The van der Waals surface area contributed by atoms with Gasteiger partial charge in [-0.05, 0) is 29.6 Å². The molecule has 0 radical (unpaired) electrons. The second-order valence-corrected chi connectivity index (χ2v) is 6.40. The normalized spacial score (nSPS) is 10.3. The molecule has 1 heterocycles. The highest BCUT2D eigenvalue weighted by Gasteiger charge is 2.15. The van der Waals surface area contributed by atoms with E-state index in [2.05, 4.69) is 5.32 Å². The number of rotatable bonds is 7. The highest BCUT2D eigenvalue weighted by molar-refractivity contribution is 7.12. The van der Waals surface area contributed by atoms with Gasteiger partial charge in [-0.25, -0.2) is 0 Å². The van der Waals surface area contributed by atoms with E-state index in [4.69, 9.17) is 9.47 Å². The van der Waals surface area contributed by atoms with Crippen LogP contribution in [0.1, 0.15) is 15.2 Å². The molecule has 0 atom stereocenters. The smallest absolute Gasteiger partial charge is 0.310 e. The molecule has 1 N–H and O–H groups in total. The molecule has 3 aromatic rings. The van der Waals surface area contributed by atoms with Crippen molar-refractivity contribution in [2.24, 2.45) is 0 Å². The molecule has 1 amide bonds. The summed E-state index contributed by atoms with van der Waals surface area (Å²) in [5.41, 5.74) is 1.24. The molecule has 3 rings (SSSR count). The van der Waals surface area contributed by atoms with Crippen LogP contribution in [0.5, 0.6) is 11.5 Å². The first kappa shape index (κ1) is 18.4. The molecule has 0 saturated carbocycles. The number of hydrogen-bond acceptors (Lipinski definition) is 6. The average Bonchev–Trinajstić information content (AvgIpc) is 3.16. The second-order valence-electron chi connectivity index (χ2n) is 5.49. The molecule has 0 fully saturated rings. The number of carbonyl (C=O) groups excluding carboxylic acids is 1. The van der Waals surface area contributed by atoms with Crippen molar-refractivity contribution in [3.05, 3.63) is 80.5 Å². The molecule has 0 aliphatic carbocycles. The number of carbonyl (C=O) groups is 1. The third-order valence-electron chi connectivity index (χ3n) is 3.69. The Morgan fingerprint density at radius 1 is 1.15 bits per heavy atom. The summed E-state index contributed by atoms with van der Waals surface area (Å²) < 4.78 is 10.8. The third-order valence-corrected chi connectivity index (χ3v) is 4.67. The Morgan fingerprint density at radius 3 is 2.59 bits per heavy atom. The van der Waals surface area contributed by atoms with Crippen molar-refractivity contribution in [2.75, 3.05) is 12.4 Å². The number of hydrogen-bond donors (Lipinski definition) is 1. The number of nitrogens with one attached hydrogen (secondary N) is 1. The van der Waals surface area contributed by atoms with Crippen LogP contribution in [0.3, 0.4) is 0 Å². The fraction of sp³-hybridized carbons (Fsp3) is 0.105. The quantitative estimate of drug-likeness (QED) is 0.478. The summed E-state index contributed by atoms with van der Waals surface area (Å²) in [6.45, 7) is 0.128. The standard InChI is InChI=1S/C19H16N2O5S/c1-25-16-8-4-2-6-14(16)20-19(22)18-10-13(12-27-18)11-26-17-9-5-3-7-15(17)21(23)24/h2-10,12H,11H2,1H3,(H,20,22). The van der Waals surface area contributed by atoms with Crippen LogP contribution in [0, 0.1) is 10.1 Å². The van der Waals surface area contributed by atoms with Crippen LogP contribution in [0.4, 0.5) is 11.4 Å². The summed E-state index contributed by atoms with van der Waals surface area (Å²) in [5.74, 6) is 0.498. The zero-order valence-electron chi connectivity index (χ0n) is 14.4. The van der Waals surface area contributed by atoms with Crippen LogP contribution < -0.4 is 14.8 Å². The molecule has 0 unspecified atom stereocenters. The van der Waals surface area contributed by atoms with Crippen LogP contribution in [-0.2, 0) is 6.61 Å². The van der Waals surface area contributed by atoms with Gasteiger partial charge in [0.25, 0.3) is 5.91 Å². The van der Waals surface area contributed by atoms with E-state index in [0.29, 0.717) is 16.3 Å². The number of ether oxygens (including phenoxy) is 2. The van der Waals surface area contributed by atoms with Crippen molar-refractivity contribution in [1.82, 2.24) is 0 Å². The predicted molar refractivity (Wildman–Crippen MR) is 103 cm³/mol. The topological polar surface area (TPSA) is 90.7 Å². The molecule has 1 aromatic heterocycles. The van der Waals surface area contributed by atoms with E-state index in [0.717, 1.165) is 5.56 Å². The molecule has 0 spiro atoms. The van der Waals surface area contributed by atoms with Gasteiger partial charge in [-0.2, -0.15) is 0 Å². The summed E-state index contributed by atoms with van der Waals surface area (Å²) in [4.78, 5) is 23.5. The maximum absolute atomic E-state index is 12.4. The van der Waals surface area contributed by atoms with E-state index >= 15 is 0 Å². The minimum Gasteiger partial charge on any atom is -0.495 e. The van der Waals surface area contributed by atoms with E-state index in [1.807, 2.05) is 6.07 Å². The lowest BCUT2D eigenvalue weighted by Crippen LogP contribution is -2.11. The SMILES string of the molecule is COc1ccccc1NC(=O)c1cc(COc2ccccc2[N+](=O)[O-])cs1. The lowest BCUT2D eigenvalue weighted by atomic mass is 10.2. The Labute approximate surface area is 159 Å². The van der Waals surface area contributed by atoms with Gasteiger partial charge in [-0.1, -0.05) is 24.3 Å². The van der Waals surface area contributed by atoms with Crippen molar-refractivity contribution in [3.63, 3.8) is 0 Å². The molecule has 0 aliphatic heterocycles. The van der Waals surface area contributed by atoms with Crippen molar-refractivity contribution >= 4 is 28.6 Å². The minimum atomic E-state index is -0.491. The van der Waals surface area contributed by atoms with Gasteiger partial charge in [0.15, 0.2) is 5.75 Å². The molecular formula is C19H16N2O5S. The van der Waals surface area contributed by atoms with Gasteiger partial charge in [-0.3, -0.25) is 14.9 Å². The molecule has 0 bridgehead atoms. The first-order chi connectivity index (χ1) is 13.1. The first-order valence-electron chi connectivity index (χ1n) is 7.96. The fourth-order valence-electron chi connectivity index (χ4n) is 2.39. The number of nitro groups is 1. The maximum atomic E-state index is 12.4. The summed E-state index contributed by atoms with van der Waals surface area (Å²) in [6.07, 6.45) is 0. The van der Waals surface area contributed by atoms with Gasteiger partial charge in [0.2, 0.25) is 0 Å². The number of methoxy groups -OCH3 is 1. The highest BCUT2D eigenvalue weighted by Crippen LogP contribution is 2.28. The highest BCUT2D eigenvalue weighted by atomic mass is 32.1. The monoisotopic (exact) mass is 384 g/mol. The Bertz CT molecular complexity index is 970. The predicted octanol–water partition coefficient (Wildman–Crippen LogP) is 4.50. The zero-order chi connectivity index (χ0) is 19.2. The van der Waals surface area contributed by atoms with Crippen LogP contribution in [0.15, 0.2) is 60.0 Å². The second kappa shape index (κ2) is 8.33. The largest absolute Gasteiger partial charge is 0.495 e.